The van der Waals surface area contributed by atoms with Gasteiger partial charge in [-0.15, -0.1) is 0 Å². The second-order valence-electron chi connectivity index (χ2n) is 4.10. The predicted octanol–water partition coefficient (Wildman–Crippen LogP) is -0.105. The molecule has 0 spiro atoms. The number of rotatable bonds is 5. The van der Waals surface area contributed by atoms with Crippen molar-refractivity contribution in [3.63, 3.8) is 0 Å². The maximum absolute atomic E-state index is 3.61. The van der Waals surface area contributed by atoms with Gasteiger partial charge in [0.1, 0.15) is 6.29 Å². The van der Waals surface area contributed by atoms with Crippen LogP contribution in [0.1, 0.15) is 13.8 Å². The molecule has 0 saturated carbocycles. The quantitative estimate of drug-likeness (QED) is 0.481. The lowest BCUT2D eigenvalue weighted by Crippen LogP contribution is -2.52. The van der Waals surface area contributed by atoms with Gasteiger partial charge in [0.2, 0.25) is 0 Å². The highest BCUT2D eigenvalue weighted by Gasteiger charge is 2.12. The first-order chi connectivity index (χ1) is 5.45. The van der Waals surface area contributed by atoms with E-state index >= 15 is 0 Å². The fourth-order valence-electron chi connectivity index (χ4n) is 1.17. The van der Waals surface area contributed by atoms with E-state index in [9.17, 15) is 0 Å². The van der Waals surface area contributed by atoms with E-state index < -0.39 is 0 Å². The molecule has 0 bridgehead atoms. The minimum atomic E-state index is -0.120. The third kappa shape index (κ3) is 4.87. The molecule has 3 nitrogen and oxygen atoms in total. The Hall–Kier alpha value is 0.0969. The Morgan fingerprint density at radius 1 is 1.00 bits per heavy atom. The van der Waals surface area contributed by atoms with Gasteiger partial charge in [0, 0.05) is 0 Å². The summed E-state index contributed by atoms with van der Waals surface area (Å²) in [6.45, 7) is 4.56. The van der Waals surface area contributed by atoms with Crippen LogP contribution in [0.4, 0.5) is 0 Å². The largest absolute Gasteiger partial charge is 0.316 e. The van der Waals surface area contributed by atoms with Crippen LogP contribution < -0.4 is 4.98 Å². The van der Waals surface area contributed by atoms with Gasteiger partial charge in [-0.05, 0) is 33.7 Å². The van der Waals surface area contributed by atoms with Gasteiger partial charge in [-0.2, -0.15) is 0 Å². The first-order valence-electron chi connectivity index (χ1n) is 4.51. The van der Waals surface area contributed by atoms with Gasteiger partial charge in [0.05, 0.1) is 9.68 Å². The minimum absolute atomic E-state index is 0.120. The van der Waals surface area contributed by atoms with E-state index in [2.05, 4.69) is 56.8 Å². The maximum Gasteiger partial charge on any atom is 0.109 e. The minimum Gasteiger partial charge on any atom is -0.316 e. The molecule has 74 valence electrons. The smallest absolute Gasteiger partial charge is 0.109 e. The Labute approximate surface area is 79.0 Å². The molecule has 0 aliphatic heterocycles. The summed E-state index contributed by atoms with van der Waals surface area (Å²) < 4.78 is 0. The topological polar surface area (TPSA) is 18.5 Å². The fraction of sp³-hybridized carbons (Fsp3) is 1.00. The lowest BCUT2D eigenvalue weighted by atomic mass is 10.6. The highest BCUT2D eigenvalue weighted by molar-refractivity contribution is 6.34. The Bertz CT molecular complexity index is 107. The average Bonchev–Trinajstić information content (AvgIpc) is 1.84. The molecular weight excluding hydrogens is 166 g/mol. The molecule has 4 heteroatoms. The highest BCUT2D eigenvalue weighted by atomic mass is 28.2. The molecule has 0 rings (SSSR count). The van der Waals surface area contributed by atoms with Crippen LogP contribution in [0.2, 0.25) is 5.54 Å². The van der Waals surface area contributed by atoms with Gasteiger partial charge in [-0.3, -0.25) is 9.80 Å². The summed E-state index contributed by atoms with van der Waals surface area (Å²) in [7, 11) is 8.29. The molecule has 0 aromatic heterocycles. The van der Waals surface area contributed by atoms with Gasteiger partial charge < -0.3 is 4.98 Å². The van der Waals surface area contributed by atoms with Crippen molar-refractivity contribution in [1.29, 1.82) is 0 Å². The molecule has 0 saturated heterocycles. The second kappa shape index (κ2) is 5.69. The van der Waals surface area contributed by atoms with Crippen LogP contribution in [0, 0.1) is 0 Å². The predicted molar refractivity (Wildman–Crippen MR) is 57.9 cm³/mol. The molecule has 0 atom stereocenters. The van der Waals surface area contributed by atoms with Crippen LogP contribution in [0.5, 0.6) is 0 Å². The fourth-order valence-corrected chi connectivity index (χ4v) is 2.58. The van der Waals surface area contributed by atoms with Crippen LogP contribution in [-0.2, 0) is 0 Å². The lowest BCUT2D eigenvalue weighted by Gasteiger charge is -2.31. The monoisotopic (exact) mass is 189 g/mol. The van der Waals surface area contributed by atoms with Crippen LogP contribution >= 0.6 is 0 Å². The molecule has 0 heterocycles. The Balaban J connectivity index is 3.80. The van der Waals surface area contributed by atoms with Crippen molar-refractivity contribution < 1.29 is 0 Å². The van der Waals surface area contributed by atoms with Gasteiger partial charge in [-0.25, -0.2) is 0 Å². The zero-order chi connectivity index (χ0) is 9.72. The zero-order valence-electron chi connectivity index (χ0n) is 9.26. The van der Waals surface area contributed by atoms with Crippen molar-refractivity contribution in [3.05, 3.63) is 0 Å². The molecular formula is C8H23N3Si. The van der Waals surface area contributed by atoms with E-state index in [4.69, 9.17) is 0 Å². The lowest BCUT2D eigenvalue weighted by molar-refractivity contribution is 0.118. The summed E-state index contributed by atoms with van der Waals surface area (Å²) >= 11 is 0. The summed E-state index contributed by atoms with van der Waals surface area (Å²) in [5.41, 5.74) is 0.840. The maximum atomic E-state index is 3.61. The van der Waals surface area contributed by atoms with Crippen LogP contribution in [-0.4, -0.2) is 54.0 Å². The molecule has 0 aliphatic rings. The van der Waals surface area contributed by atoms with E-state index in [1.807, 2.05) is 0 Å². The molecule has 1 N–H and O–H groups in total. The standard InChI is InChI=1S/C8H23N3Si/c1-7(2)12-9-8(10(3)4)11(5)6/h7-9H,12H2,1-6H3. The van der Waals surface area contributed by atoms with Crippen molar-refractivity contribution in [2.24, 2.45) is 0 Å². The van der Waals surface area contributed by atoms with Crippen LogP contribution in [0.25, 0.3) is 0 Å². The van der Waals surface area contributed by atoms with Crippen molar-refractivity contribution in [2.75, 3.05) is 28.2 Å². The Morgan fingerprint density at radius 2 is 1.42 bits per heavy atom. The zero-order valence-corrected chi connectivity index (χ0v) is 10.7. The number of nitrogens with one attached hydrogen (secondary N) is 1. The molecule has 0 amide bonds. The third-order valence-corrected chi connectivity index (χ3v) is 3.10. The summed E-state index contributed by atoms with van der Waals surface area (Å²) in [6.07, 6.45) is 0.402. The SMILES string of the molecule is CC(C)[SiH2]NC(N(C)C)N(C)C. The number of hydrogen-bond acceptors (Lipinski definition) is 3. The van der Waals surface area contributed by atoms with Crippen LogP contribution in [0.15, 0.2) is 0 Å². The van der Waals surface area contributed by atoms with Crippen LogP contribution in [0.3, 0.4) is 0 Å². The van der Waals surface area contributed by atoms with E-state index in [-0.39, 0.29) is 9.68 Å². The van der Waals surface area contributed by atoms with Crippen molar-refractivity contribution in [1.82, 2.24) is 14.8 Å². The number of hydrogen-bond donors (Lipinski definition) is 1. The molecule has 0 aliphatic carbocycles. The van der Waals surface area contributed by atoms with Crippen molar-refractivity contribution >= 4 is 9.68 Å². The van der Waals surface area contributed by atoms with Gasteiger partial charge in [-0.1, -0.05) is 13.8 Å². The normalized spacial score (nSPS) is 13.5. The molecule has 0 aromatic carbocycles. The first-order valence-corrected chi connectivity index (χ1v) is 6.03. The average molecular weight is 189 g/mol. The summed E-state index contributed by atoms with van der Waals surface area (Å²) in [5, 5.41) is 0. The van der Waals surface area contributed by atoms with E-state index in [0.29, 0.717) is 6.29 Å². The number of nitrogens with zero attached hydrogens (tertiary/aromatic N) is 2. The molecule has 12 heavy (non-hydrogen) atoms. The molecule has 0 unspecified atom stereocenters. The molecule has 0 aromatic rings. The van der Waals surface area contributed by atoms with Gasteiger partial charge >= 0.3 is 0 Å². The Kier molecular flexibility index (Phi) is 5.74. The first kappa shape index (κ1) is 12.1. The van der Waals surface area contributed by atoms with E-state index in [1.54, 1.807) is 0 Å². The van der Waals surface area contributed by atoms with Gasteiger partial charge in [0.25, 0.3) is 0 Å². The van der Waals surface area contributed by atoms with Crippen molar-refractivity contribution in [2.45, 2.75) is 25.7 Å². The van der Waals surface area contributed by atoms with Gasteiger partial charge in [0.15, 0.2) is 0 Å². The molecule has 0 fully saturated rings. The van der Waals surface area contributed by atoms with Crippen molar-refractivity contribution in [3.8, 4) is 0 Å². The summed E-state index contributed by atoms with van der Waals surface area (Å²) in [5.74, 6) is 0. The Morgan fingerprint density at radius 3 is 1.67 bits per heavy atom. The summed E-state index contributed by atoms with van der Waals surface area (Å²) in [6, 6.07) is 0. The van der Waals surface area contributed by atoms with E-state index in [0.717, 1.165) is 5.54 Å². The highest BCUT2D eigenvalue weighted by Crippen LogP contribution is 1.97. The molecule has 0 radical (unpaired) electrons. The third-order valence-electron chi connectivity index (χ3n) is 1.69. The van der Waals surface area contributed by atoms with E-state index in [1.165, 1.54) is 0 Å². The second-order valence-corrected chi connectivity index (χ2v) is 6.55. The summed E-state index contributed by atoms with van der Waals surface area (Å²) in [4.78, 5) is 8.02.